The average Bonchev–Trinajstić information content (AvgIpc) is 2.17. The smallest absolute Gasteiger partial charge is 0.339 e. The molecule has 5 nitrogen and oxygen atoms in total. The summed E-state index contributed by atoms with van der Waals surface area (Å²) in [6.45, 7) is 1.72. The van der Waals surface area contributed by atoms with Crippen molar-refractivity contribution in [2.75, 3.05) is 20.0 Å². The highest BCUT2D eigenvalue weighted by molar-refractivity contribution is 5.94. The van der Waals surface area contributed by atoms with Crippen LogP contribution in [0.4, 0.5) is 5.69 Å². The molecule has 15 heavy (non-hydrogen) atoms. The maximum atomic E-state index is 10.9. The standard InChI is InChI=1S/C10H13NO4/c1-5-4-6(10(12)13)9(15-3)7(11)8(5)14-2/h4H,11H2,1-3H3,(H,12,13). The number of carboxylic acid groups (broad SMARTS) is 1. The zero-order valence-electron chi connectivity index (χ0n) is 8.83. The molecule has 0 aliphatic heterocycles. The van der Waals surface area contributed by atoms with E-state index in [1.54, 1.807) is 6.92 Å². The van der Waals surface area contributed by atoms with Gasteiger partial charge in [0.25, 0.3) is 0 Å². The van der Waals surface area contributed by atoms with E-state index in [0.717, 1.165) is 0 Å². The molecule has 1 aromatic carbocycles. The molecule has 0 saturated carbocycles. The molecule has 0 radical (unpaired) electrons. The van der Waals surface area contributed by atoms with Gasteiger partial charge in [-0.25, -0.2) is 4.79 Å². The van der Waals surface area contributed by atoms with Crippen molar-refractivity contribution < 1.29 is 19.4 Å². The number of hydrogen-bond acceptors (Lipinski definition) is 4. The van der Waals surface area contributed by atoms with Crippen LogP contribution in [0, 0.1) is 6.92 Å². The fraction of sp³-hybridized carbons (Fsp3) is 0.300. The van der Waals surface area contributed by atoms with Gasteiger partial charge in [-0.15, -0.1) is 0 Å². The molecule has 0 heterocycles. The van der Waals surface area contributed by atoms with Crippen molar-refractivity contribution in [3.8, 4) is 11.5 Å². The average molecular weight is 211 g/mol. The first kappa shape index (κ1) is 11.2. The number of carboxylic acids is 1. The summed E-state index contributed by atoms with van der Waals surface area (Å²) in [5.41, 5.74) is 6.63. The lowest BCUT2D eigenvalue weighted by atomic mass is 10.1. The number of benzene rings is 1. The van der Waals surface area contributed by atoms with Crippen molar-refractivity contribution in [3.63, 3.8) is 0 Å². The summed E-state index contributed by atoms with van der Waals surface area (Å²) in [6.07, 6.45) is 0. The fourth-order valence-corrected chi connectivity index (χ4v) is 1.46. The molecule has 0 aliphatic carbocycles. The molecular formula is C10H13NO4. The number of ether oxygens (including phenoxy) is 2. The summed E-state index contributed by atoms with van der Waals surface area (Å²) < 4.78 is 10.0. The third-order valence-corrected chi connectivity index (χ3v) is 2.09. The second-order valence-corrected chi connectivity index (χ2v) is 3.03. The Kier molecular flexibility index (Phi) is 3.04. The van der Waals surface area contributed by atoms with Crippen LogP contribution >= 0.6 is 0 Å². The van der Waals surface area contributed by atoms with Gasteiger partial charge in [0.05, 0.1) is 14.2 Å². The Morgan fingerprint density at radius 3 is 2.27 bits per heavy atom. The molecule has 0 aliphatic rings. The highest BCUT2D eigenvalue weighted by Gasteiger charge is 2.19. The summed E-state index contributed by atoms with van der Waals surface area (Å²) in [5.74, 6) is -0.508. The Morgan fingerprint density at radius 1 is 1.33 bits per heavy atom. The summed E-state index contributed by atoms with van der Waals surface area (Å²) in [5, 5.41) is 8.93. The fourth-order valence-electron chi connectivity index (χ4n) is 1.46. The first-order chi connectivity index (χ1) is 7.02. The number of aromatic carboxylic acids is 1. The van der Waals surface area contributed by atoms with Crippen LogP contribution in [0.2, 0.25) is 0 Å². The van der Waals surface area contributed by atoms with Crippen LogP contribution < -0.4 is 15.2 Å². The monoisotopic (exact) mass is 211 g/mol. The van der Waals surface area contributed by atoms with Gasteiger partial charge in [0.15, 0.2) is 5.75 Å². The minimum atomic E-state index is -1.08. The van der Waals surface area contributed by atoms with Crippen molar-refractivity contribution in [2.24, 2.45) is 0 Å². The summed E-state index contributed by atoms with van der Waals surface area (Å²) in [6, 6.07) is 1.47. The summed E-state index contributed by atoms with van der Waals surface area (Å²) in [4.78, 5) is 10.9. The molecule has 1 aromatic rings. The number of methoxy groups -OCH3 is 2. The topological polar surface area (TPSA) is 81.8 Å². The van der Waals surface area contributed by atoms with Crippen LogP contribution in [-0.2, 0) is 0 Å². The minimum Gasteiger partial charge on any atom is -0.494 e. The lowest BCUT2D eigenvalue weighted by Gasteiger charge is -2.14. The van der Waals surface area contributed by atoms with Crippen molar-refractivity contribution in [1.82, 2.24) is 0 Å². The lowest BCUT2D eigenvalue weighted by molar-refractivity contribution is 0.0693. The number of hydrogen-bond donors (Lipinski definition) is 2. The Hall–Kier alpha value is -1.91. The Balaban J connectivity index is 3.51. The minimum absolute atomic E-state index is 0.0355. The number of rotatable bonds is 3. The van der Waals surface area contributed by atoms with Gasteiger partial charge in [0.2, 0.25) is 0 Å². The largest absolute Gasteiger partial charge is 0.494 e. The van der Waals surface area contributed by atoms with Gasteiger partial charge in [-0.05, 0) is 18.6 Å². The molecule has 0 atom stereocenters. The first-order valence-electron chi connectivity index (χ1n) is 4.27. The molecule has 0 aromatic heterocycles. The van der Waals surface area contributed by atoms with Gasteiger partial charge in [-0.2, -0.15) is 0 Å². The van der Waals surface area contributed by atoms with Crippen molar-refractivity contribution >= 4 is 11.7 Å². The van der Waals surface area contributed by atoms with Crippen molar-refractivity contribution in [3.05, 3.63) is 17.2 Å². The molecule has 0 bridgehead atoms. The van der Waals surface area contributed by atoms with Crippen molar-refractivity contribution in [2.45, 2.75) is 6.92 Å². The number of nitrogens with two attached hydrogens (primary N) is 1. The van der Waals surface area contributed by atoms with E-state index in [4.69, 9.17) is 20.3 Å². The molecule has 0 spiro atoms. The molecule has 3 N–H and O–H groups in total. The number of anilines is 1. The van der Waals surface area contributed by atoms with Gasteiger partial charge < -0.3 is 20.3 Å². The summed E-state index contributed by atoms with van der Waals surface area (Å²) >= 11 is 0. The predicted molar refractivity (Wildman–Crippen MR) is 55.7 cm³/mol. The third kappa shape index (κ3) is 1.81. The van der Waals surface area contributed by atoms with Crippen LogP contribution in [0.5, 0.6) is 11.5 Å². The van der Waals surface area contributed by atoms with E-state index >= 15 is 0 Å². The molecule has 0 unspecified atom stereocenters. The molecule has 1 rings (SSSR count). The number of carbonyl (C=O) groups is 1. The van der Waals surface area contributed by atoms with Gasteiger partial charge in [-0.3, -0.25) is 0 Å². The second-order valence-electron chi connectivity index (χ2n) is 3.03. The van der Waals surface area contributed by atoms with E-state index in [1.165, 1.54) is 20.3 Å². The Morgan fingerprint density at radius 2 is 1.87 bits per heavy atom. The lowest BCUT2D eigenvalue weighted by Crippen LogP contribution is -2.06. The number of aryl methyl sites for hydroxylation is 1. The van der Waals surface area contributed by atoms with E-state index in [-0.39, 0.29) is 17.0 Å². The highest BCUT2D eigenvalue weighted by atomic mass is 16.5. The molecular weight excluding hydrogens is 198 g/mol. The van der Waals surface area contributed by atoms with Crippen LogP contribution in [0.25, 0.3) is 0 Å². The summed E-state index contributed by atoms with van der Waals surface area (Å²) in [7, 11) is 2.84. The Bertz CT molecular complexity index is 401. The maximum Gasteiger partial charge on any atom is 0.339 e. The van der Waals surface area contributed by atoms with E-state index in [9.17, 15) is 4.79 Å². The van der Waals surface area contributed by atoms with Gasteiger partial charge in [-0.1, -0.05) is 0 Å². The zero-order chi connectivity index (χ0) is 11.6. The van der Waals surface area contributed by atoms with Crippen LogP contribution in [0.1, 0.15) is 15.9 Å². The third-order valence-electron chi connectivity index (χ3n) is 2.09. The molecule has 82 valence electrons. The van der Waals surface area contributed by atoms with Crippen LogP contribution in [0.15, 0.2) is 6.07 Å². The zero-order valence-corrected chi connectivity index (χ0v) is 8.83. The number of nitrogen functional groups attached to an aromatic ring is 1. The molecule has 0 amide bonds. The second kappa shape index (κ2) is 4.08. The molecule has 0 fully saturated rings. The van der Waals surface area contributed by atoms with Crippen LogP contribution in [-0.4, -0.2) is 25.3 Å². The van der Waals surface area contributed by atoms with Crippen LogP contribution in [0.3, 0.4) is 0 Å². The van der Waals surface area contributed by atoms with E-state index in [2.05, 4.69) is 0 Å². The normalized spacial score (nSPS) is 9.80. The predicted octanol–water partition coefficient (Wildman–Crippen LogP) is 1.29. The molecule has 0 saturated heterocycles. The highest BCUT2D eigenvalue weighted by Crippen LogP contribution is 2.37. The molecule has 5 heteroatoms. The van der Waals surface area contributed by atoms with Gasteiger partial charge in [0.1, 0.15) is 17.0 Å². The van der Waals surface area contributed by atoms with Crippen molar-refractivity contribution in [1.29, 1.82) is 0 Å². The van der Waals surface area contributed by atoms with E-state index < -0.39 is 5.97 Å². The van der Waals surface area contributed by atoms with E-state index in [0.29, 0.717) is 11.3 Å². The SMILES string of the molecule is COc1c(C)cc(C(=O)O)c(OC)c1N. The Labute approximate surface area is 87.4 Å². The van der Waals surface area contributed by atoms with Gasteiger partial charge >= 0.3 is 5.97 Å². The maximum absolute atomic E-state index is 10.9. The van der Waals surface area contributed by atoms with Gasteiger partial charge in [0, 0.05) is 0 Å². The van der Waals surface area contributed by atoms with E-state index in [1.807, 2.05) is 0 Å². The first-order valence-corrected chi connectivity index (χ1v) is 4.27. The quantitative estimate of drug-likeness (QED) is 0.736.